The summed E-state index contributed by atoms with van der Waals surface area (Å²) in [7, 11) is 0. The van der Waals surface area contributed by atoms with Gasteiger partial charge in [-0.15, -0.1) is 0 Å². The van der Waals surface area contributed by atoms with E-state index in [1.807, 2.05) is 30.3 Å². The molecule has 0 radical (unpaired) electrons. The Morgan fingerprint density at radius 1 is 1.17 bits per heavy atom. The van der Waals surface area contributed by atoms with E-state index >= 15 is 0 Å². The lowest BCUT2D eigenvalue weighted by atomic mass is 10.1. The van der Waals surface area contributed by atoms with Gasteiger partial charge in [0.1, 0.15) is 6.07 Å². The lowest BCUT2D eigenvalue weighted by Gasteiger charge is -2.12. The summed E-state index contributed by atoms with van der Waals surface area (Å²) < 4.78 is 5.08. The molecule has 0 aliphatic rings. The number of aromatic nitrogens is 1. The second-order valence-electron chi connectivity index (χ2n) is 6.30. The summed E-state index contributed by atoms with van der Waals surface area (Å²) in [6.45, 7) is 0.493. The molecule has 0 atom stereocenters. The molecular weight excluding hydrogens is 388 g/mol. The zero-order valence-electron chi connectivity index (χ0n) is 15.1. The van der Waals surface area contributed by atoms with Crippen LogP contribution in [0.2, 0.25) is 5.02 Å². The highest BCUT2D eigenvalue weighted by Crippen LogP contribution is 2.28. The average Bonchev–Trinajstić information content (AvgIpc) is 3.28. The molecule has 2 N–H and O–H groups in total. The van der Waals surface area contributed by atoms with E-state index in [9.17, 15) is 10.1 Å². The van der Waals surface area contributed by atoms with Crippen molar-refractivity contribution in [3.63, 3.8) is 0 Å². The van der Waals surface area contributed by atoms with E-state index in [1.54, 1.807) is 30.5 Å². The van der Waals surface area contributed by atoms with Gasteiger partial charge in [0.2, 0.25) is 0 Å². The van der Waals surface area contributed by atoms with Gasteiger partial charge in [-0.3, -0.25) is 9.78 Å². The molecule has 6 nitrogen and oxygen atoms in total. The first kappa shape index (κ1) is 18.5. The molecule has 2 aromatic carbocycles. The number of furan rings is 1. The van der Waals surface area contributed by atoms with E-state index in [1.165, 1.54) is 6.26 Å². The summed E-state index contributed by atoms with van der Waals surface area (Å²) in [6, 6.07) is 18.2. The van der Waals surface area contributed by atoms with Crippen molar-refractivity contribution in [1.29, 1.82) is 5.26 Å². The van der Waals surface area contributed by atoms with Crippen molar-refractivity contribution >= 4 is 39.8 Å². The van der Waals surface area contributed by atoms with Gasteiger partial charge in [-0.25, -0.2) is 0 Å². The van der Waals surface area contributed by atoms with Crippen LogP contribution in [0.15, 0.2) is 71.5 Å². The Bertz CT molecular complexity index is 1210. The zero-order valence-corrected chi connectivity index (χ0v) is 15.9. The van der Waals surface area contributed by atoms with Gasteiger partial charge in [0.25, 0.3) is 5.91 Å². The minimum atomic E-state index is -0.306. The van der Waals surface area contributed by atoms with Gasteiger partial charge in [-0.2, -0.15) is 5.26 Å². The van der Waals surface area contributed by atoms with E-state index in [0.717, 1.165) is 16.5 Å². The van der Waals surface area contributed by atoms with Crippen LogP contribution >= 0.6 is 11.6 Å². The molecule has 2 heterocycles. The van der Waals surface area contributed by atoms with Crippen molar-refractivity contribution < 1.29 is 9.21 Å². The lowest BCUT2D eigenvalue weighted by Crippen LogP contribution is -2.10. The Morgan fingerprint density at radius 2 is 2.00 bits per heavy atom. The number of hydrogen-bond acceptors (Lipinski definition) is 5. The molecule has 4 rings (SSSR count). The van der Waals surface area contributed by atoms with Crippen LogP contribution in [0, 0.1) is 11.3 Å². The zero-order chi connectivity index (χ0) is 20.2. The lowest BCUT2D eigenvalue weighted by molar-refractivity contribution is 0.0996. The second kappa shape index (κ2) is 8.05. The van der Waals surface area contributed by atoms with E-state index in [2.05, 4.69) is 21.7 Å². The fourth-order valence-electron chi connectivity index (χ4n) is 2.94. The van der Waals surface area contributed by atoms with Gasteiger partial charge in [0.15, 0.2) is 5.76 Å². The number of nitriles is 1. The summed E-state index contributed by atoms with van der Waals surface area (Å²) in [5.74, 6) is -0.0531. The van der Waals surface area contributed by atoms with Crippen LogP contribution in [0.1, 0.15) is 21.7 Å². The number of fused-ring (bicyclic) bond motifs is 1. The highest BCUT2D eigenvalue weighted by atomic mass is 35.5. The third-order valence-corrected chi connectivity index (χ3v) is 4.61. The van der Waals surface area contributed by atoms with Gasteiger partial charge in [-0.05, 0) is 48.0 Å². The first-order valence-corrected chi connectivity index (χ1v) is 9.18. The van der Waals surface area contributed by atoms with E-state index in [-0.39, 0.29) is 11.7 Å². The van der Waals surface area contributed by atoms with Crippen LogP contribution in [0.3, 0.4) is 0 Å². The summed E-state index contributed by atoms with van der Waals surface area (Å²) in [5.41, 5.74) is 3.54. The minimum absolute atomic E-state index is 0.253. The SMILES string of the molecule is N#Cc1cnc2ccc(Cl)cc2c1NCc1ccc(NC(=O)c2ccco2)cc1. The number of anilines is 2. The first-order chi connectivity index (χ1) is 14.1. The largest absolute Gasteiger partial charge is 0.459 e. The highest BCUT2D eigenvalue weighted by molar-refractivity contribution is 6.31. The fraction of sp³-hybridized carbons (Fsp3) is 0.0455. The van der Waals surface area contributed by atoms with E-state index in [0.29, 0.717) is 28.5 Å². The molecule has 0 aliphatic carbocycles. The van der Waals surface area contributed by atoms with Gasteiger partial charge in [0.05, 0.1) is 23.0 Å². The molecule has 0 fully saturated rings. The maximum Gasteiger partial charge on any atom is 0.291 e. The van der Waals surface area contributed by atoms with Gasteiger partial charge in [-0.1, -0.05) is 23.7 Å². The number of hydrogen-bond donors (Lipinski definition) is 2. The molecule has 4 aromatic rings. The standard InChI is InChI=1S/C22H15ClN4O2/c23-16-5-8-19-18(10-16)21(15(11-24)13-25-19)26-12-14-3-6-17(7-4-14)27-22(28)20-2-1-9-29-20/h1-10,13H,12H2,(H,25,26)(H,27,28). The minimum Gasteiger partial charge on any atom is -0.459 e. The van der Waals surface area contributed by atoms with Gasteiger partial charge in [0, 0.05) is 28.8 Å². The number of pyridine rings is 1. The summed E-state index contributed by atoms with van der Waals surface area (Å²) >= 11 is 6.12. The number of rotatable bonds is 5. The molecule has 0 aliphatic heterocycles. The maximum atomic E-state index is 12.0. The van der Waals surface area contributed by atoms with Gasteiger partial charge >= 0.3 is 0 Å². The molecule has 0 saturated carbocycles. The Balaban J connectivity index is 1.50. The molecule has 0 saturated heterocycles. The van der Waals surface area contributed by atoms with Crippen molar-refractivity contribution in [2.75, 3.05) is 10.6 Å². The predicted molar refractivity (Wildman–Crippen MR) is 112 cm³/mol. The van der Waals surface area contributed by atoms with Crippen molar-refractivity contribution in [1.82, 2.24) is 4.98 Å². The second-order valence-corrected chi connectivity index (χ2v) is 6.74. The predicted octanol–water partition coefficient (Wildman–Crippen LogP) is 5.22. The number of nitrogens with one attached hydrogen (secondary N) is 2. The third-order valence-electron chi connectivity index (χ3n) is 4.38. The maximum absolute atomic E-state index is 12.0. The van der Waals surface area contributed by atoms with Crippen molar-refractivity contribution in [2.45, 2.75) is 6.54 Å². The molecular formula is C22H15ClN4O2. The number of amides is 1. The monoisotopic (exact) mass is 402 g/mol. The molecule has 1 amide bonds. The molecule has 142 valence electrons. The quantitative estimate of drug-likeness (QED) is 0.477. The van der Waals surface area contributed by atoms with Crippen molar-refractivity contribution in [2.24, 2.45) is 0 Å². The molecule has 0 spiro atoms. The highest BCUT2D eigenvalue weighted by Gasteiger charge is 2.10. The van der Waals surface area contributed by atoms with Crippen molar-refractivity contribution in [3.05, 3.63) is 89.0 Å². The average molecular weight is 403 g/mol. The molecule has 7 heteroatoms. The third kappa shape index (κ3) is 4.05. The van der Waals surface area contributed by atoms with E-state index in [4.69, 9.17) is 16.0 Å². The van der Waals surface area contributed by atoms with Crippen LogP contribution in [-0.2, 0) is 6.54 Å². The van der Waals surface area contributed by atoms with Gasteiger partial charge < -0.3 is 15.1 Å². The first-order valence-electron chi connectivity index (χ1n) is 8.80. The van der Waals surface area contributed by atoms with E-state index < -0.39 is 0 Å². The van der Waals surface area contributed by atoms with Crippen LogP contribution < -0.4 is 10.6 Å². The number of nitrogens with zero attached hydrogens (tertiary/aromatic N) is 2. The molecule has 0 bridgehead atoms. The summed E-state index contributed by atoms with van der Waals surface area (Å²) in [4.78, 5) is 16.3. The smallest absolute Gasteiger partial charge is 0.291 e. The number of carbonyl (C=O) groups excluding carboxylic acids is 1. The summed E-state index contributed by atoms with van der Waals surface area (Å²) in [5, 5.41) is 16.9. The van der Waals surface area contributed by atoms with Crippen LogP contribution in [0.25, 0.3) is 10.9 Å². The molecule has 0 unspecified atom stereocenters. The van der Waals surface area contributed by atoms with Crippen molar-refractivity contribution in [3.8, 4) is 6.07 Å². The Morgan fingerprint density at radius 3 is 2.72 bits per heavy atom. The van der Waals surface area contributed by atoms with Crippen LogP contribution in [0.5, 0.6) is 0 Å². The Kier molecular flexibility index (Phi) is 5.14. The topological polar surface area (TPSA) is 91.0 Å². The number of halogens is 1. The number of carbonyl (C=O) groups is 1. The Labute approximate surface area is 171 Å². The number of benzene rings is 2. The molecule has 29 heavy (non-hydrogen) atoms. The molecule has 2 aromatic heterocycles. The van der Waals surface area contributed by atoms with Crippen LogP contribution in [-0.4, -0.2) is 10.9 Å². The van der Waals surface area contributed by atoms with Crippen LogP contribution in [0.4, 0.5) is 11.4 Å². The fourth-order valence-corrected chi connectivity index (χ4v) is 3.11. The Hall–Kier alpha value is -3.82. The summed E-state index contributed by atoms with van der Waals surface area (Å²) in [6.07, 6.45) is 3.00. The normalized spacial score (nSPS) is 10.5.